The molecule has 4 nitrogen and oxygen atoms in total. The molecule has 0 radical (unpaired) electrons. The number of nitriles is 1. The van der Waals surface area contributed by atoms with Crippen molar-refractivity contribution in [3.8, 4) is 6.07 Å². The van der Waals surface area contributed by atoms with Crippen LogP contribution in [0.4, 0.5) is 4.39 Å². The monoisotopic (exact) mass is 264 g/mol. The average Bonchev–Trinajstić information content (AvgIpc) is 2.71. The Bertz CT molecular complexity index is 497. The molecule has 0 bridgehead atoms. The molecular formula is C14H17FN2O2. The first kappa shape index (κ1) is 13.9. The van der Waals surface area contributed by atoms with E-state index in [-0.39, 0.29) is 11.7 Å². The van der Waals surface area contributed by atoms with Crippen LogP contribution in [0.1, 0.15) is 25.0 Å². The Morgan fingerprint density at radius 1 is 1.53 bits per heavy atom. The summed E-state index contributed by atoms with van der Waals surface area (Å²) in [6, 6.07) is 6.36. The summed E-state index contributed by atoms with van der Waals surface area (Å²) in [6.07, 6.45) is 0.0193. The van der Waals surface area contributed by atoms with Crippen molar-refractivity contribution >= 4 is 0 Å². The van der Waals surface area contributed by atoms with Gasteiger partial charge in [0.15, 0.2) is 5.79 Å². The molecule has 1 saturated heterocycles. The van der Waals surface area contributed by atoms with E-state index in [4.69, 9.17) is 14.7 Å². The lowest BCUT2D eigenvalue weighted by atomic mass is 10.1. The molecule has 1 atom stereocenters. The number of hydrogen-bond donors (Lipinski definition) is 1. The highest BCUT2D eigenvalue weighted by atomic mass is 19.1. The highest BCUT2D eigenvalue weighted by Crippen LogP contribution is 2.21. The standard InChI is InChI=1S/C14H17FN2O2/c1-14(2)18-9-12(19-14)8-17-7-10-3-4-13(15)11(5-10)6-16/h3-5,12,17H,7-9H2,1-2H3. The maximum absolute atomic E-state index is 13.1. The van der Waals surface area contributed by atoms with Crippen LogP contribution < -0.4 is 5.32 Å². The second kappa shape index (κ2) is 5.66. The quantitative estimate of drug-likeness (QED) is 0.903. The van der Waals surface area contributed by atoms with Gasteiger partial charge in [0, 0.05) is 13.1 Å². The molecule has 0 saturated carbocycles. The molecule has 0 spiro atoms. The lowest BCUT2D eigenvalue weighted by Gasteiger charge is -2.17. The molecule has 5 heteroatoms. The van der Waals surface area contributed by atoms with Crippen LogP contribution in [0.25, 0.3) is 0 Å². The fraction of sp³-hybridized carbons (Fsp3) is 0.500. The van der Waals surface area contributed by atoms with E-state index in [1.807, 2.05) is 19.9 Å². The second-order valence-electron chi connectivity index (χ2n) is 5.01. The van der Waals surface area contributed by atoms with Gasteiger partial charge in [0.1, 0.15) is 11.9 Å². The molecular weight excluding hydrogens is 247 g/mol. The molecule has 2 rings (SSSR count). The van der Waals surface area contributed by atoms with Crippen LogP contribution in [0, 0.1) is 17.1 Å². The lowest BCUT2D eigenvalue weighted by molar-refractivity contribution is -0.137. The SMILES string of the molecule is CC1(C)OCC(CNCc2ccc(F)c(C#N)c2)O1. The molecule has 0 amide bonds. The first-order chi connectivity index (χ1) is 9.00. The maximum atomic E-state index is 13.1. The minimum atomic E-state index is -0.518. The molecule has 1 unspecified atom stereocenters. The van der Waals surface area contributed by atoms with Crippen molar-refractivity contribution < 1.29 is 13.9 Å². The molecule has 0 aromatic heterocycles. The summed E-state index contributed by atoms with van der Waals surface area (Å²) in [5.41, 5.74) is 0.942. The molecule has 1 fully saturated rings. The summed E-state index contributed by atoms with van der Waals surface area (Å²) in [5.74, 6) is -1.00. The summed E-state index contributed by atoms with van der Waals surface area (Å²) in [6.45, 7) is 5.54. The number of nitrogens with zero attached hydrogens (tertiary/aromatic N) is 1. The van der Waals surface area contributed by atoms with Gasteiger partial charge in [-0.3, -0.25) is 0 Å². The van der Waals surface area contributed by atoms with Crippen molar-refractivity contribution in [2.45, 2.75) is 32.3 Å². The van der Waals surface area contributed by atoms with Gasteiger partial charge in [0.2, 0.25) is 0 Å². The predicted molar refractivity (Wildman–Crippen MR) is 67.7 cm³/mol. The minimum absolute atomic E-state index is 0.0193. The highest BCUT2D eigenvalue weighted by Gasteiger charge is 2.32. The van der Waals surface area contributed by atoms with E-state index < -0.39 is 11.6 Å². The normalized spacial score (nSPS) is 21.3. The highest BCUT2D eigenvalue weighted by molar-refractivity contribution is 5.34. The number of halogens is 1. The summed E-state index contributed by atoms with van der Waals surface area (Å²) < 4.78 is 24.3. The van der Waals surface area contributed by atoms with Gasteiger partial charge in [-0.15, -0.1) is 0 Å². The molecule has 0 aliphatic carbocycles. The first-order valence-corrected chi connectivity index (χ1v) is 6.21. The second-order valence-corrected chi connectivity index (χ2v) is 5.01. The molecule has 1 N–H and O–H groups in total. The topological polar surface area (TPSA) is 54.3 Å². The molecule has 19 heavy (non-hydrogen) atoms. The van der Waals surface area contributed by atoms with Crippen LogP contribution in [0.3, 0.4) is 0 Å². The third-order valence-corrected chi connectivity index (χ3v) is 2.92. The maximum Gasteiger partial charge on any atom is 0.163 e. The molecule has 1 heterocycles. The van der Waals surface area contributed by atoms with Crippen molar-refractivity contribution in [1.29, 1.82) is 5.26 Å². The Morgan fingerprint density at radius 2 is 2.32 bits per heavy atom. The van der Waals surface area contributed by atoms with Crippen molar-refractivity contribution in [3.63, 3.8) is 0 Å². The summed E-state index contributed by atoms with van der Waals surface area (Å²) in [7, 11) is 0. The van der Waals surface area contributed by atoms with Crippen LogP contribution >= 0.6 is 0 Å². The Hall–Kier alpha value is -1.48. The third kappa shape index (κ3) is 3.74. The number of nitrogens with one attached hydrogen (secondary N) is 1. The van der Waals surface area contributed by atoms with E-state index in [9.17, 15) is 4.39 Å². The summed E-state index contributed by atoms with van der Waals surface area (Å²) >= 11 is 0. The minimum Gasteiger partial charge on any atom is -0.348 e. The van der Waals surface area contributed by atoms with E-state index in [2.05, 4.69) is 5.32 Å². The Morgan fingerprint density at radius 3 is 2.95 bits per heavy atom. The summed E-state index contributed by atoms with van der Waals surface area (Å²) in [5, 5.41) is 12.0. The van der Waals surface area contributed by atoms with E-state index >= 15 is 0 Å². The zero-order valence-electron chi connectivity index (χ0n) is 11.1. The third-order valence-electron chi connectivity index (χ3n) is 2.92. The van der Waals surface area contributed by atoms with Crippen LogP contribution in [-0.2, 0) is 16.0 Å². The molecule has 1 aromatic rings. The molecule has 1 aliphatic heterocycles. The van der Waals surface area contributed by atoms with E-state index in [0.29, 0.717) is 19.7 Å². The van der Waals surface area contributed by atoms with Gasteiger partial charge < -0.3 is 14.8 Å². The van der Waals surface area contributed by atoms with Crippen LogP contribution in [-0.4, -0.2) is 25.0 Å². The zero-order valence-corrected chi connectivity index (χ0v) is 11.1. The Kier molecular flexibility index (Phi) is 4.15. The van der Waals surface area contributed by atoms with E-state index in [1.165, 1.54) is 6.07 Å². The fourth-order valence-corrected chi connectivity index (χ4v) is 2.01. The van der Waals surface area contributed by atoms with Crippen LogP contribution in [0.15, 0.2) is 18.2 Å². The summed E-state index contributed by atoms with van der Waals surface area (Å²) in [4.78, 5) is 0. The van der Waals surface area contributed by atoms with E-state index in [1.54, 1.807) is 12.1 Å². The molecule has 1 aromatic carbocycles. The number of benzene rings is 1. The van der Waals surface area contributed by atoms with Gasteiger partial charge in [-0.1, -0.05) is 6.07 Å². The Labute approximate surface area is 112 Å². The van der Waals surface area contributed by atoms with Crippen molar-refractivity contribution in [2.24, 2.45) is 0 Å². The zero-order chi connectivity index (χ0) is 13.9. The van der Waals surface area contributed by atoms with Crippen molar-refractivity contribution in [3.05, 3.63) is 35.1 Å². The lowest BCUT2D eigenvalue weighted by Crippen LogP contribution is -2.30. The smallest absolute Gasteiger partial charge is 0.163 e. The van der Waals surface area contributed by atoms with Gasteiger partial charge in [-0.25, -0.2) is 4.39 Å². The van der Waals surface area contributed by atoms with Gasteiger partial charge in [0.05, 0.1) is 18.3 Å². The van der Waals surface area contributed by atoms with Crippen LogP contribution in [0.5, 0.6) is 0 Å². The van der Waals surface area contributed by atoms with Gasteiger partial charge in [0.25, 0.3) is 0 Å². The van der Waals surface area contributed by atoms with E-state index in [0.717, 1.165) is 5.56 Å². The number of ether oxygens (including phenoxy) is 2. The number of rotatable bonds is 4. The van der Waals surface area contributed by atoms with Gasteiger partial charge >= 0.3 is 0 Å². The largest absolute Gasteiger partial charge is 0.348 e. The van der Waals surface area contributed by atoms with Crippen molar-refractivity contribution in [1.82, 2.24) is 5.32 Å². The van der Waals surface area contributed by atoms with Crippen LogP contribution in [0.2, 0.25) is 0 Å². The van der Waals surface area contributed by atoms with Gasteiger partial charge in [-0.2, -0.15) is 5.26 Å². The Balaban J connectivity index is 1.82. The molecule has 102 valence electrons. The molecule has 1 aliphatic rings. The first-order valence-electron chi connectivity index (χ1n) is 6.21. The predicted octanol–water partition coefficient (Wildman–Crippen LogP) is 1.94. The number of hydrogen-bond acceptors (Lipinski definition) is 4. The van der Waals surface area contributed by atoms with Gasteiger partial charge in [-0.05, 0) is 31.5 Å². The van der Waals surface area contributed by atoms with Crippen molar-refractivity contribution in [2.75, 3.05) is 13.2 Å². The fourth-order valence-electron chi connectivity index (χ4n) is 2.01. The average molecular weight is 264 g/mol.